The van der Waals surface area contributed by atoms with E-state index >= 15 is 0 Å². The molecule has 0 aliphatic heterocycles. The van der Waals surface area contributed by atoms with Crippen molar-refractivity contribution in [3.8, 4) is 11.8 Å². The maximum Gasteiger partial charge on any atom is 0.120 e. The van der Waals surface area contributed by atoms with E-state index in [1.165, 1.54) is 11.1 Å². The molecule has 0 aliphatic carbocycles. The highest BCUT2D eigenvalue weighted by atomic mass is 16.5. The van der Waals surface area contributed by atoms with Crippen LogP contribution in [0.1, 0.15) is 24.5 Å². The van der Waals surface area contributed by atoms with Gasteiger partial charge in [-0.3, -0.25) is 0 Å². The SMILES string of the molecule is Cc1ccc(OC(C)CC#N)cc1C. The van der Waals surface area contributed by atoms with Crippen LogP contribution in [0.25, 0.3) is 0 Å². The maximum atomic E-state index is 8.48. The van der Waals surface area contributed by atoms with Crippen LogP contribution in [0.15, 0.2) is 18.2 Å². The van der Waals surface area contributed by atoms with E-state index in [1.807, 2.05) is 25.1 Å². The van der Waals surface area contributed by atoms with Gasteiger partial charge in [0, 0.05) is 0 Å². The first-order chi connectivity index (χ1) is 6.63. The summed E-state index contributed by atoms with van der Waals surface area (Å²) in [5.41, 5.74) is 2.47. The molecule has 1 aromatic rings. The number of rotatable bonds is 3. The molecule has 1 unspecified atom stereocenters. The van der Waals surface area contributed by atoms with Crippen LogP contribution in [-0.2, 0) is 0 Å². The van der Waals surface area contributed by atoms with E-state index in [0.29, 0.717) is 6.42 Å². The zero-order valence-corrected chi connectivity index (χ0v) is 8.87. The lowest BCUT2D eigenvalue weighted by Crippen LogP contribution is -2.10. The van der Waals surface area contributed by atoms with Crippen molar-refractivity contribution >= 4 is 0 Å². The molecule has 74 valence electrons. The average molecular weight is 189 g/mol. The number of nitriles is 1. The van der Waals surface area contributed by atoms with Gasteiger partial charge in [0.1, 0.15) is 11.9 Å². The standard InChI is InChI=1S/C12H15NO/c1-9-4-5-12(8-10(9)2)14-11(3)6-7-13/h4-5,8,11H,6H2,1-3H3. The van der Waals surface area contributed by atoms with Crippen molar-refractivity contribution in [3.63, 3.8) is 0 Å². The third-order valence-electron chi connectivity index (χ3n) is 2.19. The molecule has 0 saturated heterocycles. The van der Waals surface area contributed by atoms with Gasteiger partial charge in [-0.05, 0) is 44.0 Å². The lowest BCUT2D eigenvalue weighted by Gasteiger charge is -2.12. The molecule has 0 bridgehead atoms. The highest BCUT2D eigenvalue weighted by Gasteiger charge is 2.03. The number of aryl methyl sites for hydroxylation is 2. The largest absolute Gasteiger partial charge is 0.490 e. The van der Waals surface area contributed by atoms with Gasteiger partial charge in [0.25, 0.3) is 0 Å². The fraction of sp³-hybridized carbons (Fsp3) is 0.417. The van der Waals surface area contributed by atoms with Gasteiger partial charge in [0.05, 0.1) is 12.5 Å². The lowest BCUT2D eigenvalue weighted by atomic mass is 10.1. The van der Waals surface area contributed by atoms with Gasteiger partial charge < -0.3 is 4.74 Å². The van der Waals surface area contributed by atoms with Gasteiger partial charge >= 0.3 is 0 Å². The fourth-order valence-corrected chi connectivity index (χ4v) is 1.19. The molecule has 0 N–H and O–H groups in total. The van der Waals surface area contributed by atoms with Crippen LogP contribution in [0.3, 0.4) is 0 Å². The highest BCUT2D eigenvalue weighted by molar-refractivity contribution is 5.33. The summed E-state index contributed by atoms with van der Waals surface area (Å²) in [4.78, 5) is 0. The Morgan fingerprint density at radius 2 is 2.07 bits per heavy atom. The first-order valence-electron chi connectivity index (χ1n) is 4.74. The van der Waals surface area contributed by atoms with Gasteiger partial charge in [0.15, 0.2) is 0 Å². The molecule has 2 nitrogen and oxygen atoms in total. The molecule has 1 atom stereocenters. The van der Waals surface area contributed by atoms with Crippen LogP contribution in [-0.4, -0.2) is 6.10 Å². The minimum Gasteiger partial charge on any atom is -0.490 e. The molecule has 0 aliphatic rings. The highest BCUT2D eigenvalue weighted by Crippen LogP contribution is 2.18. The van der Waals surface area contributed by atoms with Gasteiger partial charge in [0.2, 0.25) is 0 Å². The Morgan fingerprint density at radius 1 is 1.36 bits per heavy atom. The van der Waals surface area contributed by atoms with Crippen LogP contribution < -0.4 is 4.74 Å². The van der Waals surface area contributed by atoms with Crippen molar-refractivity contribution in [1.29, 1.82) is 5.26 Å². The Hall–Kier alpha value is -1.49. The van der Waals surface area contributed by atoms with E-state index in [2.05, 4.69) is 19.9 Å². The summed E-state index contributed by atoms with van der Waals surface area (Å²) in [6.07, 6.45) is 0.384. The van der Waals surface area contributed by atoms with Crippen molar-refractivity contribution in [2.45, 2.75) is 33.3 Å². The molecular formula is C12H15NO. The van der Waals surface area contributed by atoms with Crippen molar-refractivity contribution in [1.82, 2.24) is 0 Å². The minimum atomic E-state index is -0.0397. The summed E-state index contributed by atoms with van der Waals surface area (Å²) in [5.74, 6) is 0.843. The van der Waals surface area contributed by atoms with Gasteiger partial charge in [-0.1, -0.05) is 6.07 Å². The first-order valence-corrected chi connectivity index (χ1v) is 4.74. The fourth-order valence-electron chi connectivity index (χ4n) is 1.19. The van der Waals surface area contributed by atoms with Crippen molar-refractivity contribution in [2.75, 3.05) is 0 Å². The quantitative estimate of drug-likeness (QED) is 0.732. The predicted octanol–water partition coefficient (Wildman–Crippen LogP) is 2.98. The molecule has 0 fully saturated rings. The Kier molecular flexibility index (Phi) is 3.53. The number of nitrogens with zero attached hydrogens (tertiary/aromatic N) is 1. The summed E-state index contributed by atoms with van der Waals surface area (Å²) in [6.45, 7) is 6.02. The van der Waals surface area contributed by atoms with Crippen LogP contribution in [0.5, 0.6) is 5.75 Å². The van der Waals surface area contributed by atoms with Crippen LogP contribution in [0.2, 0.25) is 0 Å². The van der Waals surface area contributed by atoms with Crippen molar-refractivity contribution in [2.24, 2.45) is 0 Å². The molecule has 0 radical (unpaired) electrons. The number of ether oxygens (including phenoxy) is 1. The first kappa shape index (κ1) is 10.6. The van der Waals surface area contributed by atoms with Crippen LogP contribution >= 0.6 is 0 Å². The number of benzene rings is 1. The third-order valence-corrected chi connectivity index (χ3v) is 2.19. The van der Waals surface area contributed by atoms with Crippen molar-refractivity contribution in [3.05, 3.63) is 29.3 Å². The molecule has 0 aromatic heterocycles. The molecular weight excluding hydrogens is 174 g/mol. The molecule has 0 spiro atoms. The van der Waals surface area contributed by atoms with Gasteiger partial charge in [-0.15, -0.1) is 0 Å². The lowest BCUT2D eigenvalue weighted by molar-refractivity contribution is 0.227. The molecule has 0 heterocycles. The maximum absolute atomic E-state index is 8.48. The van der Waals surface area contributed by atoms with E-state index < -0.39 is 0 Å². The van der Waals surface area contributed by atoms with Gasteiger partial charge in [-0.2, -0.15) is 5.26 Å². The monoisotopic (exact) mass is 189 g/mol. The normalized spacial score (nSPS) is 11.9. The topological polar surface area (TPSA) is 33.0 Å². The zero-order valence-electron chi connectivity index (χ0n) is 8.87. The summed E-state index contributed by atoms with van der Waals surface area (Å²) < 4.78 is 5.57. The smallest absolute Gasteiger partial charge is 0.120 e. The second kappa shape index (κ2) is 4.66. The minimum absolute atomic E-state index is 0.0397. The van der Waals surface area contributed by atoms with Crippen LogP contribution in [0, 0.1) is 25.2 Å². The second-order valence-electron chi connectivity index (χ2n) is 3.54. The molecule has 1 aromatic carbocycles. The summed E-state index contributed by atoms with van der Waals surface area (Å²) in [6, 6.07) is 8.06. The van der Waals surface area contributed by atoms with Crippen LogP contribution in [0.4, 0.5) is 0 Å². The van der Waals surface area contributed by atoms with E-state index in [-0.39, 0.29) is 6.10 Å². The van der Waals surface area contributed by atoms with E-state index in [0.717, 1.165) is 5.75 Å². The Balaban J connectivity index is 2.69. The molecule has 2 heteroatoms. The third kappa shape index (κ3) is 2.77. The Labute approximate surface area is 85.1 Å². The molecule has 14 heavy (non-hydrogen) atoms. The average Bonchev–Trinajstić information content (AvgIpc) is 2.12. The molecule has 0 amide bonds. The second-order valence-corrected chi connectivity index (χ2v) is 3.54. The van der Waals surface area contributed by atoms with Crippen molar-refractivity contribution < 1.29 is 4.74 Å². The summed E-state index contributed by atoms with van der Waals surface area (Å²) >= 11 is 0. The number of hydrogen-bond acceptors (Lipinski definition) is 2. The van der Waals surface area contributed by atoms with Gasteiger partial charge in [-0.25, -0.2) is 0 Å². The summed E-state index contributed by atoms with van der Waals surface area (Å²) in [5, 5.41) is 8.48. The summed E-state index contributed by atoms with van der Waals surface area (Å²) in [7, 11) is 0. The number of hydrogen-bond donors (Lipinski definition) is 0. The van der Waals surface area contributed by atoms with E-state index in [4.69, 9.17) is 10.00 Å². The van der Waals surface area contributed by atoms with E-state index in [1.54, 1.807) is 0 Å². The Bertz CT molecular complexity index is 352. The zero-order chi connectivity index (χ0) is 10.6. The molecule has 0 saturated carbocycles. The molecule has 1 rings (SSSR count). The Morgan fingerprint density at radius 3 is 2.64 bits per heavy atom. The van der Waals surface area contributed by atoms with E-state index in [9.17, 15) is 0 Å². The predicted molar refractivity (Wildman–Crippen MR) is 56.2 cm³/mol.